The molecule has 5 heteroatoms. The molecule has 1 rings (SSSR count). The van der Waals surface area contributed by atoms with E-state index in [0.29, 0.717) is 6.42 Å². The van der Waals surface area contributed by atoms with Crippen molar-refractivity contribution in [3.05, 3.63) is 0 Å². The Hall–Kier alpha value is -0.650. The summed E-state index contributed by atoms with van der Waals surface area (Å²) in [5.74, 6) is 5.75. The van der Waals surface area contributed by atoms with E-state index in [1.165, 1.54) is 19.4 Å². The van der Waals surface area contributed by atoms with Crippen molar-refractivity contribution < 1.29 is 9.53 Å². The zero-order valence-corrected chi connectivity index (χ0v) is 11.5. The van der Waals surface area contributed by atoms with Crippen LogP contribution >= 0.6 is 0 Å². The number of unbranched alkanes of at least 4 members (excludes halogenated alkanes) is 2. The number of nitrogens with two attached hydrogens (primary N) is 1. The second kappa shape index (κ2) is 9.30. The van der Waals surface area contributed by atoms with Gasteiger partial charge in [-0.2, -0.15) is 0 Å². The van der Waals surface area contributed by atoms with Crippen molar-refractivity contribution >= 4 is 5.91 Å². The highest BCUT2D eigenvalue weighted by molar-refractivity contribution is 5.74. The molecule has 0 radical (unpaired) electrons. The lowest BCUT2D eigenvalue weighted by atomic mass is 10.00. The predicted molar refractivity (Wildman–Crippen MR) is 71.8 cm³/mol. The predicted octanol–water partition coefficient (Wildman–Crippen LogP) is 0.895. The van der Waals surface area contributed by atoms with Gasteiger partial charge < -0.3 is 9.64 Å². The second-order valence-electron chi connectivity index (χ2n) is 5.20. The van der Waals surface area contributed by atoms with Crippen LogP contribution in [-0.2, 0) is 9.53 Å². The Morgan fingerprint density at radius 2 is 2.06 bits per heavy atom. The zero-order valence-electron chi connectivity index (χ0n) is 11.5. The van der Waals surface area contributed by atoms with Crippen LogP contribution in [0, 0.1) is 5.92 Å². The lowest BCUT2D eigenvalue weighted by Gasteiger charge is -2.27. The van der Waals surface area contributed by atoms with Gasteiger partial charge in [-0.3, -0.25) is 10.2 Å². The standard InChI is InChI=1S/C13H27N3O2/c1-16(11-12-6-9-18-10-7-12)8-4-2-3-5-13(17)15-14/h12H,2-11,14H2,1H3,(H,15,17). The quantitative estimate of drug-likeness (QED) is 0.293. The van der Waals surface area contributed by atoms with E-state index in [-0.39, 0.29) is 5.91 Å². The van der Waals surface area contributed by atoms with Gasteiger partial charge in [0.25, 0.3) is 0 Å². The minimum absolute atomic E-state index is 0.0643. The molecular weight excluding hydrogens is 230 g/mol. The SMILES string of the molecule is CN(CCCCCC(=O)NN)CC1CCOCC1. The fourth-order valence-corrected chi connectivity index (χ4v) is 2.38. The van der Waals surface area contributed by atoms with Crippen LogP contribution in [0.4, 0.5) is 0 Å². The van der Waals surface area contributed by atoms with E-state index in [0.717, 1.165) is 44.9 Å². The molecule has 0 atom stereocenters. The number of carbonyl (C=O) groups is 1. The largest absolute Gasteiger partial charge is 0.381 e. The van der Waals surface area contributed by atoms with Crippen LogP contribution in [0.2, 0.25) is 0 Å². The molecule has 0 aromatic heterocycles. The maximum Gasteiger partial charge on any atom is 0.233 e. The minimum Gasteiger partial charge on any atom is -0.381 e. The van der Waals surface area contributed by atoms with Gasteiger partial charge in [0.1, 0.15) is 0 Å². The first-order valence-corrected chi connectivity index (χ1v) is 6.98. The highest BCUT2D eigenvalue weighted by atomic mass is 16.5. The Bertz CT molecular complexity index is 230. The maximum atomic E-state index is 10.9. The topological polar surface area (TPSA) is 67.6 Å². The highest BCUT2D eigenvalue weighted by Gasteiger charge is 2.15. The van der Waals surface area contributed by atoms with Crippen molar-refractivity contribution in [1.82, 2.24) is 10.3 Å². The Balaban J connectivity index is 1.95. The van der Waals surface area contributed by atoms with Gasteiger partial charge in [-0.25, -0.2) is 5.84 Å². The van der Waals surface area contributed by atoms with E-state index in [1.807, 2.05) is 0 Å². The Morgan fingerprint density at radius 3 is 2.72 bits per heavy atom. The average molecular weight is 257 g/mol. The molecule has 0 aliphatic carbocycles. The minimum atomic E-state index is -0.0643. The molecule has 1 amide bonds. The van der Waals surface area contributed by atoms with Crippen molar-refractivity contribution in [1.29, 1.82) is 0 Å². The van der Waals surface area contributed by atoms with Crippen LogP contribution in [0.15, 0.2) is 0 Å². The number of carbonyl (C=O) groups excluding carboxylic acids is 1. The Morgan fingerprint density at radius 1 is 1.33 bits per heavy atom. The van der Waals surface area contributed by atoms with E-state index in [4.69, 9.17) is 10.6 Å². The van der Waals surface area contributed by atoms with Crippen LogP contribution in [0.1, 0.15) is 38.5 Å². The molecular formula is C13H27N3O2. The fraction of sp³-hybridized carbons (Fsp3) is 0.923. The maximum absolute atomic E-state index is 10.9. The van der Waals surface area contributed by atoms with Crippen LogP contribution < -0.4 is 11.3 Å². The van der Waals surface area contributed by atoms with Gasteiger partial charge in [-0.05, 0) is 45.2 Å². The molecule has 1 aliphatic heterocycles. The number of nitrogens with zero attached hydrogens (tertiary/aromatic N) is 1. The van der Waals surface area contributed by atoms with E-state index >= 15 is 0 Å². The van der Waals surface area contributed by atoms with Gasteiger partial charge in [0.05, 0.1) is 0 Å². The lowest BCUT2D eigenvalue weighted by Crippen LogP contribution is -2.30. The van der Waals surface area contributed by atoms with E-state index < -0.39 is 0 Å². The fourth-order valence-electron chi connectivity index (χ4n) is 2.38. The Kier molecular flexibility index (Phi) is 7.96. The molecule has 0 saturated carbocycles. The van der Waals surface area contributed by atoms with Gasteiger partial charge in [-0.15, -0.1) is 0 Å². The molecule has 0 spiro atoms. The zero-order chi connectivity index (χ0) is 13.2. The second-order valence-corrected chi connectivity index (χ2v) is 5.20. The van der Waals surface area contributed by atoms with Crippen LogP contribution in [0.3, 0.4) is 0 Å². The van der Waals surface area contributed by atoms with Gasteiger partial charge in [0.2, 0.25) is 5.91 Å². The first-order chi connectivity index (χ1) is 8.72. The molecule has 0 aromatic carbocycles. The summed E-state index contributed by atoms with van der Waals surface area (Å²) >= 11 is 0. The molecule has 5 nitrogen and oxygen atoms in total. The molecule has 1 aliphatic rings. The molecule has 3 N–H and O–H groups in total. The van der Waals surface area contributed by atoms with E-state index in [2.05, 4.69) is 17.4 Å². The van der Waals surface area contributed by atoms with Gasteiger partial charge in [-0.1, -0.05) is 6.42 Å². The van der Waals surface area contributed by atoms with Crippen LogP contribution in [-0.4, -0.2) is 44.2 Å². The number of nitrogens with one attached hydrogen (secondary N) is 1. The summed E-state index contributed by atoms with van der Waals surface area (Å²) < 4.78 is 5.36. The monoisotopic (exact) mass is 257 g/mol. The number of ether oxygens (including phenoxy) is 1. The summed E-state index contributed by atoms with van der Waals surface area (Å²) in [7, 11) is 2.18. The molecule has 1 saturated heterocycles. The molecule has 0 bridgehead atoms. The third-order valence-electron chi connectivity index (χ3n) is 3.52. The third kappa shape index (κ3) is 6.93. The smallest absolute Gasteiger partial charge is 0.233 e. The first-order valence-electron chi connectivity index (χ1n) is 6.98. The molecule has 106 valence electrons. The molecule has 18 heavy (non-hydrogen) atoms. The number of rotatable bonds is 8. The number of amides is 1. The van der Waals surface area contributed by atoms with Gasteiger partial charge in [0, 0.05) is 26.2 Å². The average Bonchev–Trinajstić information content (AvgIpc) is 2.39. The molecule has 0 unspecified atom stereocenters. The normalized spacial score (nSPS) is 17.1. The number of hydrazine groups is 1. The first kappa shape index (κ1) is 15.4. The molecule has 1 heterocycles. The number of hydrogen-bond acceptors (Lipinski definition) is 4. The van der Waals surface area contributed by atoms with Crippen molar-refractivity contribution in [3.8, 4) is 0 Å². The van der Waals surface area contributed by atoms with Crippen LogP contribution in [0.5, 0.6) is 0 Å². The summed E-state index contributed by atoms with van der Waals surface area (Å²) in [6.45, 7) is 4.13. The van der Waals surface area contributed by atoms with E-state index in [1.54, 1.807) is 0 Å². The summed E-state index contributed by atoms with van der Waals surface area (Å²) in [4.78, 5) is 13.3. The molecule has 0 aromatic rings. The summed E-state index contributed by atoms with van der Waals surface area (Å²) in [5.41, 5.74) is 2.16. The van der Waals surface area contributed by atoms with Crippen LogP contribution in [0.25, 0.3) is 0 Å². The van der Waals surface area contributed by atoms with Crippen molar-refractivity contribution in [2.24, 2.45) is 11.8 Å². The number of hydrogen-bond donors (Lipinski definition) is 2. The summed E-state index contributed by atoms with van der Waals surface area (Å²) in [6.07, 6.45) is 6.10. The van der Waals surface area contributed by atoms with Gasteiger partial charge >= 0.3 is 0 Å². The van der Waals surface area contributed by atoms with E-state index in [9.17, 15) is 4.79 Å². The van der Waals surface area contributed by atoms with Crippen molar-refractivity contribution in [3.63, 3.8) is 0 Å². The van der Waals surface area contributed by atoms with Crippen molar-refractivity contribution in [2.75, 3.05) is 33.4 Å². The lowest BCUT2D eigenvalue weighted by molar-refractivity contribution is -0.121. The van der Waals surface area contributed by atoms with Gasteiger partial charge in [0.15, 0.2) is 0 Å². The molecule has 1 fully saturated rings. The summed E-state index contributed by atoms with van der Waals surface area (Å²) in [5, 5.41) is 0. The highest BCUT2D eigenvalue weighted by Crippen LogP contribution is 2.15. The summed E-state index contributed by atoms with van der Waals surface area (Å²) in [6, 6.07) is 0. The third-order valence-corrected chi connectivity index (χ3v) is 3.52. The van der Waals surface area contributed by atoms with Crippen molar-refractivity contribution in [2.45, 2.75) is 38.5 Å². The Labute approximate surface area is 110 Å².